The van der Waals surface area contributed by atoms with Crippen LogP contribution in [0, 0.1) is 0 Å². The molecular formula is C11H11BrO4S. The van der Waals surface area contributed by atoms with Gasteiger partial charge in [0, 0.05) is 27.8 Å². The van der Waals surface area contributed by atoms with E-state index in [4.69, 9.17) is 5.11 Å². The molecule has 1 atom stereocenters. The fraction of sp³-hybridized carbons (Fsp3) is 0.273. The normalized spacial score (nSPS) is 12.2. The number of aliphatic hydroxyl groups is 1. The zero-order valence-electron chi connectivity index (χ0n) is 8.76. The number of aliphatic carboxylic acids is 1. The fourth-order valence-electron chi connectivity index (χ4n) is 1.31. The van der Waals surface area contributed by atoms with Crippen molar-refractivity contribution >= 4 is 40.3 Å². The van der Waals surface area contributed by atoms with Crippen molar-refractivity contribution in [1.29, 1.82) is 0 Å². The van der Waals surface area contributed by atoms with Crippen LogP contribution in [0.3, 0.4) is 0 Å². The third kappa shape index (κ3) is 3.55. The van der Waals surface area contributed by atoms with Gasteiger partial charge in [0.25, 0.3) is 0 Å². The number of carboxylic acids is 1. The molecule has 1 aromatic rings. The molecule has 1 rings (SSSR count). The minimum Gasteiger partial charge on any atom is -0.479 e. The summed E-state index contributed by atoms with van der Waals surface area (Å²) < 4.78 is 0. The van der Waals surface area contributed by atoms with Gasteiger partial charge in [0.15, 0.2) is 11.9 Å². The minimum atomic E-state index is -1.67. The number of alkyl halides is 1. The van der Waals surface area contributed by atoms with Crippen molar-refractivity contribution in [2.24, 2.45) is 0 Å². The maximum Gasteiger partial charge on any atom is 0.337 e. The predicted octanol–water partition coefficient (Wildman–Crippen LogP) is 2.06. The SMILES string of the molecule is O=C(CCBr)c1ccc(S)c(C(O)C(=O)O)c1. The lowest BCUT2D eigenvalue weighted by molar-refractivity contribution is -0.147. The zero-order valence-corrected chi connectivity index (χ0v) is 11.2. The number of hydrogen-bond donors (Lipinski definition) is 3. The number of hydrogen-bond acceptors (Lipinski definition) is 4. The molecule has 0 radical (unpaired) electrons. The molecule has 6 heteroatoms. The largest absolute Gasteiger partial charge is 0.479 e. The van der Waals surface area contributed by atoms with Crippen molar-refractivity contribution in [3.63, 3.8) is 0 Å². The molecule has 17 heavy (non-hydrogen) atoms. The van der Waals surface area contributed by atoms with E-state index in [-0.39, 0.29) is 11.3 Å². The molecule has 0 aliphatic heterocycles. The Morgan fingerprint density at radius 3 is 2.59 bits per heavy atom. The third-order valence-electron chi connectivity index (χ3n) is 2.20. The molecular weight excluding hydrogens is 308 g/mol. The number of ketones is 1. The summed E-state index contributed by atoms with van der Waals surface area (Å²) in [6.45, 7) is 0. The number of carbonyl (C=O) groups is 2. The van der Waals surface area contributed by atoms with Crippen molar-refractivity contribution in [2.45, 2.75) is 17.4 Å². The minimum absolute atomic E-state index is 0.117. The van der Waals surface area contributed by atoms with Gasteiger partial charge < -0.3 is 10.2 Å². The van der Waals surface area contributed by atoms with Crippen LogP contribution in [0.5, 0.6) is 0 Å². The van der Waals surface area contributed by atoms with Crippen LogP contribution in [0.25, 0.3) is 0 Å². The molecule has 4 nitrogen and oxygen atoms in total. The molecule has 0 bridgehead atoms. The number of benzene rings is 1. The molecule has 2 N–H and O–H groups in total. The van der Waals surface area contributed by atoms with Gasteiger partial charge in [-0.25, -0.2) is 4.79 Å². The Hall–Kier alpha value is -0.850. The average molecular weight is 319 g/mol. The molecule has 0 saturated heterocycles. The molecule has 1 aromatic carbocycles. The van der Waals surface area contributed by atoms with Gasteiger partial charge in [-0.3, -0.25) is 4.79 Å². The van der Waals surface area contributed by atoms with E-state index in [0.717, 1.165) is 0 Å². The van der Waals surface area contributed by atoms with Gasteiger partial charge in [-0.1, -0.05) is 22.0 Å². The first kappa shape index (κ1) is 14.2. The van der Waals surface area contributed by atoms with Crippen molar-refractivity contribution in [2.75, 3.05) is 5.33 Å². The highest BCUT2D eigenvalue weighted by atomic mass is 79.9. The van der Waals surface area contributed by atoms with Crippen molar-refractivity contribution in [3.8, 4) is 0 Å². The highest BCUT2D eigenvalue weighted by Gasteiger charge is 2.20. The summed E-state index contributed by atoms with van der Waals surface area (Å²) in [5.41, 5.74) is 0.499. The first-order chi connectivity index (χ1) is 7.97. The first-order valence-electron chi connectivity index (χ1n) is 4.80. The molecule has 0 aromatic heterocycles. The Kier molecular flexibility index (Phi) is 5.17. The molecule has 1 unspecified atom stereocenters. The smallest absolute Gasteiger partial charge is 0.337 e. The van der Waals surface area contributed by atoms with Crippen LogP contribution in [-0.2, 0) is 4.79 Å². The van der Waals surface area contributed by atoms with Crippen LogP contribution in [0.15, 0.2) is 23.1 Å². The van der Waals surface area contributed by atoms with E-state index >= 15 is 0 Å². The summed E-state index contributed by atoms with van der Waals surface area (Å²) in [7, 11) is 0. The van der Waals surface area contributed by atoms with Gasteiger partial charge >= 0.3 is 5.97 Å². The summed E-state index contributed by atoms with van der Waals surface area (Å²) >= 11 is 7.21. The van der Waals surface area contributed by atoms with Gasteiger partial charge in [-0.15, -0.1) is 12.6 Å². The number of rotatable bonds is 5. The summed E-state index contributed by atoms with van der Waals surface area (Å²) in [5.74, 6) is -1.49. The molecule has 0 fully saturated rings. The number of halogens is 1. The number of carboxylic acid groups (broad SMARTS) is 1. The van der Waals surface area contributed by atoms with Gasteiger partial charge in [0.2, 0.25) is 0 Å². The van der Waals surface area contributed by atoms with Gasteiger partial charge in [0.05, 0.1) is 0 Å². The van der Waals surface area contributed by atoms with Crippen molar-refractivity contribution in [1.82, 2.24) is 0 Å². The van der Waals surface area contributed by atoms with Crippen LogP contribution in [0.2, 0.25) is 0 Å². The maximum absolute atomic E-state index is 11.6. The van der Waals surface area contributed by atoms with E-state index < -0.39 is 12.1 Å². The summed E-state index contributed by atoms with van der Waals surface area (Å²) in [6, 6.07) is 4.43. The lowest BCUT2D eigenvalue weighted by Crippen LogP contribution is -2.12. The zero-order chi connectivity index (χ0) is 13.0. The standard InChI is InChI=1S/C11H11BrO4S/c12-4-3-8(13)6-1-2-9(17)7(5-6)10(14)11(15)16/h1-2,5,10,14,17H,3-4H2,(H,15,16). The Balaban J connectivity index is 3.10. The molecule has 92 valence electrons. The van der Waals surface area contributed by atoms with Crippen molar-refractivity contribution in [3.05, 3.63) is 29.3 Å². The lowest BCUT2D eigenvalue weighted by Gasteiger charge is -2.10. The van der Waals surface area contributed by atoms with Crippen LogP contribution in [-0.4, -0.2) is 27.3 Å². The average Bonchev–Trinajstić information content (AvgIpc) is 2.28. The number of carbonyl (C=O) groups excluding carboxylic acids is 1. The van der Waals surface area contributed by atoms with E-state index in [9.17, 15) is 14.7 Å². The predicted molar refractivity (Wildman–Crippen MR) is 69.0 cm³/mol. The molecule has 0 spiro atoms. The van der Waals surface area contributed by atoms with Crippen LogP contribution < -0.4 is 0 Å². The topological polar surface area (TPSA) is 74.6 Å². The van der Waals surface area contributed by atoms with E-state index in [2.05, 4.69) is 28.6 Å². The Bertz CT molecular complexity index is 447. The number of Topliss-reactive ketones (excluding diaryl/α,β-unsaturated/α-hetero) is 1. The fourth-order valence-corrected chi connectivity index (χ4v) is 1.93. The van der Waals surface area contributed by atoms with E-state index in [0.29, 0.717) is 22.2 Å². The monoisotopic (exact) mass is 318 g/mol. The second kappa shape index (κ2) is 6.18. The molecule has 0 amide bonds. The second-order valence-corrected chi connectivity index (χ2v) is 4.65. The molecule has 0 aliphatic rings. The number of aliphatic hydroxyl groups excluding tert-OH is 1. The van der Waals surface area contributed by atoms with Crippen LogP contribution >= 0.6 is 28.6 Å². The van der Waals surface area contributed by atoms with Gasteiger partial charge in [0.1, 0.15) is 0 Å². The third-order valence-corrected chi connectivity index (χ3v) is 3.00. The molecule has 0 heterocycles. The highest BCUT2D eigenvalue weighted by Crippen LogP contribution is 2.23. The lowest BCUT2D eigenvalue weighted by atomic mass is 10.0. The quantitative estimate of drug-likeness (QED) is 0.441. The second-order valence-electron chi connectivity index (χ2n) is 3.38. The van der Waals surface area contributed by atoms with E-state index in [1.165, 1.54) is 12.1 Å². The van der Waals surface area contributed by atoms with Crippen LogP contribution in [0.1, 0.15) is 28.4 Å². The van der Waals surface area contributed by atoms with E-state index in [1.807, 2.05) is 0 Å². The Morgan fingerprint density at radius 1 is 1.41 bits per heavy atom. The van der Waals surface area contributed by atoms with Crippen LogP contribution in [0.4, 0.5) is 0 Å². The summed E-state index contributed by atoms with van der Waals surface area (Å²) in [4.78, 5) is 22.6. The number of thiol groups is 1. The van der Waals surface area contributed by atoms with Gasteiger partial charge in [-0.05, 0) is 12.1 Å². The highest BCUT2D eigenvalue weighted by molar-refractivity contribution is 9.09. The molecule has 0 saturated carbocycles. The Labute approximate surface area is 112 Å². The maximum atomic E-state index is 11.6. The molecule has 0 aliphatic carbocycles. The summed E-state index contributed by atoms with van der Waals surface area (Å²) in [5, 5.41) is 18.7. The van der Waals surface area contributed by atoms with E-state index in [1.54, 1.807) is 6.07 Å². The van der Waals surface area contributed by atoms with Gasteiger partial charge in [-0.2, -0.15) is 0 Å². The summed E-state index contributed by atoms with van der Waals surface area (Å²) in [6.07, 6.45) is -1.35. The van der Waals surface area contributed by atoms with Crippen molar-refractivity contribution < 1.29 is 19.8 Å². The Morgan fingerprint density at radius 2 is 2.06 bits per heavy atom. The first-order valence-corrected chi connectivity index (χ1v) is 6.37.